The van der Waals surface area contributed by atoms with Crippen molar-refractivity contribution < 1.29 is 14.6 Å². The number of aromatic hydroxyl groups is 2. The number of benzene rings is 4. The van der Waals surface area contributed by atoms with Crippen molar-refractivity contribution in [2.75, 3.05) is 0 Å². The highest BCUT2D eigenvalue weighted by Gasteiger charge is 2.62. The Morgan fingerprint density at radius 1 is 0.531 bits per heavy atom. The van der Waals surface area contributed by atoms with Gasteiger partial charge in [0.2, 0.25) is 0 Å². The standard InChI is InChI=1S/C58H58FNO2S2/c1-33-17-39(49(61)41(18-33)57-25-34-21-53(2,29-57)27-54(3,22-34)30-57)51-47(37-11-6-8-15-45(37)63-51)43-13-10-14-44(60-43)48-38-12-7-9-16-46(38)64-52(48)40-19-36(59)20-42(50(40)62)58-26-35-23-55(4,31-58)28-56(5,24-35)32-58/h6-20,34-35,61-62H,21-32H2,1-5H3. The molecule has 326 valence electrons. The van der Waals surface area contributed by atoms with E-state index in [0.717, 1.165) is 108 Å². The van der Waals surface area contributed by atoms with Crippen molar-refractivity contribution >= 4 is 42.8 Å². The van der Waals surface area contributed by atoms with E-state index in [9.17, 15) is 10.2 Å². The van der Waals surface area contributed by atoms with Gasteiger partial charge in [0.1, 0.15) is 17.3 Å². The molecule has 4 atom stereocenters. The molecule has 8 fully saturated rings. The van der Waals surface area contributed by atoms with Crippen molar-refractivity contribution in [1.82, 2.24) is 4.98 Å². The molecule has 8 bridgehead atoms. The number of pyridine rings is 1. The molecular formula is C58H58FNO2S2. The van der Waals surface area contributed by atoms with Crippen molar-refractivity contribution in [3.8, 4) is 54.9 Å². The van der Waals surface area contributed by atoms with Gasteiger partial charge >= 0.3 is 0 Å². The van der Waals surface area contributed by atoms with Crippen LogP contribution in [0.2, 0.25) is 0 Å². The topological polar surface area (TPSA) is 53.4 Å². The van der Waals surface area contributed by atoms with Crippen LogP contribution in [0.5, 0.6) is 11.5 Å². The second-order valence-corrected chi connectivity index (χ2v) is 26.0. The zero-order valence-electron chi connectivity index (χ0n) is 37.8. The third-order valence-electron chi connectivity index (χ3n) is 17.7. The number of thiophene rings is 2. The van der Waals surface area contributed by atoms with E-state index in [4.69, 9.17) is 4.98 Å². The second-order valence-electron chi connectivity index (χ2n) is 23.9. The lowest BCUT2D eigenvalue weighted by Crippen LogP contribution is -2.56. The molecule has 3 nitrogen and oxygen atoms in total. The van der Waals surface area contributed by atoms with Gasteiger partial charge in [0, 0.05) is 74.1 Å². The van der Waals surface area contributed by atoms with E-state index in [1.165, 1.54) is 44.1 Å². The van der Waals surface area contributed by atoms with Gasteiger partial charge in [-0.1, -0.05) is 76.2 Å². The van der Waals surface area contributed by atoms with Crippen molar-refractivity contribution in [2.24, 2.45) is 33.5 Å². The molecular weight excluding hydrogens is 826 g/mol. The van der Waals surface area contributed by atoms with Crippen LogP contribution in [-0.2, 0) is 10.8 Å². The van der Waals surface area contributed by atoms with Crippen molar-refractivity contribution in [3.63, 3.8) is 0 Å². The molecule has 0 aliphatic heterocycles. The maximum atomic E-state index is 16.4. The predicted octanol–water partition coefficient (Wildman–Crippen LogP) is 16.5. The third kappa shape index (κ3) is 5.82. The van der Waals surface area contributed by atoms with Crippen LogP contribution in [-0.4, -0.2) is 15.2 Å². The fourth-order valence-corrected chi connectivity index (χ4v) is 20.2. The average molecular weight is 884 g/mol. The maximum Gasteiger partial charge on any atom is 0.128 e. The van der Waals surface area contributed by atoms with Gasteiger partial charge in [-0.25, -0.2) is 9.37 Å². The Kier molecular flexibility index (Phi) is 8.14. The van der Waals surface area contributed by atoms with Gasteiger partial charge in [0.25, 0.3) is 0 Å². The molecule has 8 aliphatic carbocycles. The Labute approximate surface area is 384 Å². The molecule has 0 saturated heterocycles. The Morgan fingerprint density at radius 2 is 0.969 bits per heavy atom. The molecule has 2 N–H and O–H groups in total. The predicted molar refractivity (Wildman–Crippen MR) is 263 cm³/mol. The molecule has 6 heteroatoms. The number of hydrogen-bond donors (Lipinski definition) is 2. The van der Waals surface area contributed by atoms with Crippen molar-refractivity contribution in [3.05, 3.63) is 114 Å². The zero-order valence-corrected chi connectivity index (χ0v) is 39.5. The van der Waals surface area contributed by atoms with Gasteiger partial charge in [0.05, 0.1) is 11.4 Å². The summed E-state index contributed by atoms with van der Waals surface area (Å²) >= 11 is 3.35. The number of aromatic nitrogens is 1. The number of phenols is 2. The normalized spacial score (nSPS) is 33.5. The van der Waals surface area contributed by atoms with Crippen molar-refractivity contribution in [1.29, 1.82) is 0 Å². The number of phenolic OH excluding ortho intramolecular Hbond substituents is 2. The minimum atomic E-state index is -0.289. The van der Waals surface area contributed by atoms with Gasteiger partial charge in [-0.2, -0.15) is 0 Å². The molecule has 4 unspecified atom stereocenters. The minimum absolute atomic E-state index is 0.0207. The lowest BCUT2D eigenvalue weighted by molar-refractivity contribution is -0.110. The van der Waals surface area contributed by atoms with E-state index in [0.29, 0.717) is 34.0 Å². The summed E-state index contributed by atoms with van der Waals surface area (Å²) in [6.07, 6.45) is 14.1. The molecule has 4 aromatic carbocycles. The monoisotopic (exact) mass is 883 g/mol. The third-order valence-corrected chi connectivity index (χ3v) is 20.1. The Morgan fingerprint density at radius 3 is 1.44 bits per heavy atom. The van der Waals surface area contributed by atoms with Gasteiger partial charge in [0.15, 0.2) is 0 Å². The first-order valence-corrected chi connectivity index (χ1v) is 25.6. The summed E-state index contributed by atoms with van der Waals surface area (Å²) in [5.74, 6) is 1.71. The molecule has 64 heavy (non-hydrogen) atoms. The smallest absolute Gasteiger partial charge is 0.128 e. The van der Waals surface area contributed by atoms with Crippen LogP contribution in [0.15, 0.2) is 91.0 Å². The molecule has 0 amide bonds. The van der Waals surface area contributed by atoms with Gasteiger partial charge in [-0.15, -0.1) is 22.7 Å². The minimum Gasteiger partial charge on any atom is -0.507 e. The van der Waals surface area contributed by atoms with E-state index in [1.54, 1.807) is 34.8 Å². The van der Waals surface area contributed by atoms with Crippen LogP contribution in [0.25, 0.3) is 63.6 Å². The number of hydrogen-bond acceptors (Lipinski definition) is 5. The first kappa shape index (κ1) is 39.8. The van der Waals surface area contributed by atoms with Gasteiger partial charge in [-0.3, -0.25) is 0 Å². The molecule has 7 aromatic rings. The van der Waals surface area contributed by atoms with E-state index in [2.05, 4.69) is 113 Å². The highest BCUT2D eigenvalue weighted by Crippen LogP contribution is 2.72. The average Bonchev–Trinajstić information content (AvgIpc) is 3.79. The Hall–Kier alpha value is -4.52. The summed E-state index contributed by atoms with van der Waals surface area (Å²) in [6.45, 7) is 12.1. The highest BCUT2D eigenvalue weighted by molar-refractivity contribution is 7.23. The quantitative estimate of drug-likeness (QED) is 0.175. The summed E-state index contributed by atoms with van der Waals surface area (Å²) < 4.78 is 18.6. The van der Waals surface area contributed by atoms with E-state index in [-0.39, 0.29) is 33.2 Å². The summed E-state index contributed by atoms with van der Waals surface area (Å²) in [7, 11) is 0. The molecule has 3 aromatic heterocycles. The Bertz CT molecular complexity index is 2900. The van der Waals surface area contributed by atoms with Crippen molar-refractivity contribution in [2.45, 2.75) is 122 Å². The lowest BCUT2D eigenvalue weighted by Gasteiger charge is -2.65. The second kappa shape index (κ2) is 13.1. The molecule has 0 radical (unpaired) electrons. The van der Waals surface area contributed by atoms with Crippen LogP contribution in [0, 0.1) is 46.2 Å². The highest BCUT2D eigenvalue weighted by atomic mass is 32.1. The molecule has 8 saturated carbocycles. The molecule has 3 heterocycles. The summed E-state index contributed by atoms with van der Waals surface area (Å²) in [5, 5.41) is 27.6. The first-order chi connectivity index (χ1) is 30.5. The van der Waals surface area contributed by atoms with Crippen LogP contribution < -0.4 is 0 Å². The molecule has 15 rings (SSSR count). The van der Waals surface area contributed by atoms with Crippen LogP contribution >= 0.6 is 22.7 Å². The summed E-state index contributed by atoms with van der Waals surface area (Å²) in [5.41, 5.74) is 8.98. The van der Waals surface area contributed by atoms with E-state index in [1.807, 2.05) is 0 Å². The zero-order chi connectivity index (χ0) is 43.8. The van der Waals surface area contributed by atoms with Gasteiger partial charge in [-0.05, 0) is 165 Å². The largest absolute Gasteiger partial charge is 0.507 e. The first-order valence-electron chi connectivity index (χ1n) is 23.9. The maximum absolute atomic E-state index is 16.4. The summed E-state index contributed by atoms with van der Waals surface area (Å²) in [6, 6.07) is 31.0. The summed E-state index contributed by atoms with van der Waals surface area (Å²) in [4.78, 5) is 7.47. The van der Waals surface area contributed by atoms with Crippen LogP contribution in [0.1, 0.15) is 121 Å². The number of rotatable bonds is 6. The van der Waals surface area contributed by atoms with Crippen LogP contribution in [0.4, 0.5) is 4.39 Å². The van der Waals surface area contributed by atoms with Crippen LogP contribution in [0.3, 0.4) is 0 Å². The fraction of sp³-hybridized carbons (Fsp3) is 0.431. The molecule has 0 spiro atoms. The van der Waals surface area contributed by atoms with E-state index < -0.39 is 0 Å². The SMILES string of the molecule is Cc1cc(-c2sc3ccccc3c2-c2cccc(-c3c(-c4cc(F)cc(C56CC7CC(C)(CC(C)(C7)C5)C6)c4O)sc4ccccc34)n2)c(O)c(C23CC4CC(C)(CC(C)(C4)C2)C3)c1. The number of aryl methyl sites for hydroxylation is 1. The number of nitrogens with zero attached hydrogens (tertiary/aromatic N) is 1. The van der Waals surface area contributed by atoms with E-state index >= 15 is 4.39 Å². The van der Waals surface area contributed by atoms with Gasteiger partial charge < -0.3 is 10.2 Å². The lowest BCUT2D eigenvalue weighted by atomic mass is 9.39. The Balaban J connectivity index is 0.973. The number of fused-ring (bicyclic) bond motifs is 2. The number of halogens is 1. The molecule has 8 aliphatic rings. The fourth-order valence-electron chi connectivity index (χ4n) is 17.7.